The molecule has 3 aromatic rings. The number of hydrogen-bond acceptors (Lipinski definition) is 5. The zero-order chi connectivity index (χ0) is 26.4. The van der Waals surface area contributed by atoms with E-state index in [-0.39, 0.29) is 42.5 Å². The van der Waals surface area contributed by atoms with Crippen LogP contribution in [0.2, 0.25) is 0 Å². The Balaban J connectivity index is 1.56. The Hall–Kier alpha value is -3.39. The average molecular weight is 525 g/mol. The standard InChI is InChI=1S/C29H33FN2O4S/c1-4-20(2)17-31(29(34)21-8-7-9-22(30)16-21)18-28(33)32-14-12-27-23(13-15-37-27)24(32)19-36-26-11-6-5-10-25(26)35-3/h5-11,13,15-16,20,24H,4,12,14,17-19H2,1-3H3/t20-,24+/m0/s1. The van der Waals surface area contributed by atoms with Crippen LogP contribution < -0.4 is 9.47 Å². The Labute approximate surface area is 221 Å². The molecule has 37 heavy (non-hydrogen) atoms. The van der Waals surface area contributed by atoms with Crippen LogP contribution in [0.25, 0.3) is 0 Å². The van der Waals surface area contributed by atoms with Crippen molar-refractivity contribution in [1.29, 1.82) is 0 Å². The number of benzene rings is 2. The normalized spacial score (nSPS) is 15.6. The fraction of sp³-hybridized carbons (Fsp3) is 0.379. The van der Waals surface area contributed by atoms with Crippen LogP contribution in [0.5, 0.6) is 11.5 Å². The van der Waals surface area contributed by atoms with Gasteiger partial charge in [0.1, 0.15) is 19.0 Å². The molecule has 1 aliphatic rings. The first-order chi connectivity index (χ1) is 17.9. The van der Waals surface area contributed by atoms with Gasteiger partial charge in [-0.15, -0.1) is 11.3 Å². The molecule has 8 heteroatoms. The van der Waals surface area contributed by atoms with E-state index in [0.717, 1.165) is 18.4 Å². The highest BCUT2D eigenvalue weighted by atomic mass is 32.1. The minimum absolute atomic E-state index is 0.0791. The summed E-state index contributed by atoms with van der Waals surface area (Å²) in [7, 11) is 1.59. The van der Waals surface area contributed by atoms with Gasteiger partial charge in [0.15, 0.2) is 11.5 Å². The largest absolute Gasteiger partial charge is 0.493 e. The SMILES string of the molecule is CC[C@H](C)CN(CC(=O)N1CCc2sccc2[C@H]1COc1ccccc1OC)C(=O)c1cccc(F)c1. The lowest BCUT2D eigenvalue weighted by Gasteiger charge is -2.37. The molecule has 0 aliphatic carbocycles. The molecule has 2 amide bonds. The van der Waals surface area contributed by atoms with Crippen LogP contribution in [-0.4, -0.2) is 55.0 Å². The van der Waals surface area contributed by atoms with Gasteiger partial charge in [-0.2, -0.15) is 0 Å². The molecule has 2 aromatic carbocycles. The maximum absolute atomic E-state index is 13.8. The van der Waals surface area contributed by atoms with Crippen molar-refractivity contribution >= 4 is 23.2 Å². The molecular formula is C29H33FN2O4S. The first-order valence-electron chi connectivity index (χ1n) is 12.6. The molecule has 196 valence electrons. The van der Waals surface area contributed by atoms with Crippen molar-refractivity contribution in [2.45, 2.75) is 32.7 Å². The molecule has 0 N–H and O–H groups in total. The molecule has 2 heterocycles. The van der Waals surface area contributed by atoms with Crippen LogP contribution in [0, 0.1) is 11.7 Å². The first-order valence-corrected chi connectivity index (χ1v) is 13.5. The van der Waals surface area contributed by atoms with Crippen LogP contribution in [-0.2, 0) is 11.2 Å². The van der Waals surface area contributed by atoms with E-state index < -0.39 is 5.82 Å². The fourth-order valence-electron chi connectivity index (χ4n) is 4.56. The van der Waals surface area contributed by atoms with Crippen LogP contribution in [0.3, 0.4) is 0 Å². The third-order valence-electron chi connectivity index (χ3n) is 6.79. The van der Waals surface area contributed by atoms with Crippen LogP contribution in [0.1, 0.15) is 47.1 Å². The summed E-state index contributed by atoms with van der Waals surface area (Å²) >= 11 is 1.68. The second-order valence-electron chi connectivity index (χ2n) is 9.32. The van der Waals surface area contributed by atoms with Crippen LogP contribution in [0.4, 0.5) is 4.39 Å². The van der Waals surface area contributed by atoms with E-state index in [2.05, 4.69) is 0 Å². The van der Waals surface area contributed by atoms with Gasteiger partial charge in [-0.3, -0.25) is 9.59 Å². The number of nitrogens with zero attached hydrogens (tertiary/aromatic N) is 2. The lowest BCUT2D eigenvalue weighted by Crippen LogP contribution is -2.48. The number of rotatable bonds is 10. The predicted molar refractivity (Wildman–Crippen MR) is 143 cm³/mol. The Morgan fingerprint density at radius 2 is 1.95 bits per heavy atom. The monoisotopic (exact) mass is 524 g/mol. The van der Waals surface area contributed by atoms with Crippen molar-refractivity contribution < 1.29 is 23.5 Å². The molecule has 1 aliphatic heterocycles. The van der Waals surface area contributed by atoms with Gasteiger partial charge in [-0.05, 0) is 59.7 Å². The summed E-state index contributed by atoms with van der Waals surface area (Å²) in [5, 5.41) is 2.04. The third kappa shape index (κ3) is 6.31. The van der Waals surface area contributed by atoms with Gasteiger partial charge < -0.3 is 19.3 Å². The number of para-hydroxylation sites is 2. The summed E-state index contributed by atoms with van der Waals surface area (Å²) in [5.41, 5.74) is 1.32. The number of fused-ring (bicyclic) bond motifs is 1. The maximum Gasteiger partial charge on any atom is 0.254 e. The first kappa shape index (κ1) is 26.7. The minimum Gasteiger partial charge on any atom is -0.493 e. The van der Waals surface area contributed by atoms with Crippen molar-refractivity contribution in [3.63, 3.8) is 0 Å². The van der Waals surface area contributed by atoms with Gasteiger partial charge in [0.25, 0.3) is 5.91 Å². The zero-order valence-electron chi connectivity index (χ0n) is 21.5. The van der Waals surface area contributed by atoms with E-state index in [0.29, 0.717) is 24.6 Å². The van der Waals surface area contributed by atoms with E-state index in [1.807, 2.05) is 54.5 Å². The highest BCUT2D eigenvalue weighted by Crippen LogP contribution is 2.35. The van der Waals surface area contributed by atoms with E-state index in [1.165, 1.54) is 23.1 Å². The van der Waals surface area contributed by atoms with E-state index in [9.17, 15) is 14.0 Å². The molecule has 0 unspecified atom stereocenters. The minimum atomic E-state index is -0.477. The quantitative estimate of drug-likeness (QED) is 0.347. The van der Waals surface area contributed by atoms with E-state index >= 15 is 0 Å². The number of hydrogen-bond donors (Lipinski definition) is 0. The molecule has 0 radical (unpaired) electrons. The van der Waals surface area contributed by atoms with Crippen LogP contribution in [0.15, 0.2) is 60.0 Å². The summed E-state index contributed by atoms with van der Waals surface area (Å²) in [6.07, 6.45) is 1.62. The molecule has 0 saturated carbocycles. The van der Waals surface area contributed by atoms with Gasteiger partial charge in [0.2, 0.25) is 5.91 Å². The molecule has 0 spiro atoms. The third-order valence-corrected chi connectivity index (χ3v) is 7.79. The number of methoxy groups -OCH3 is 1. The lowest BCUT2D eigenvalue weighted by atomic mass is 10.00. The number of thiophene rings is 1. The van der Waals surface area contributed by atoms with Gasteiger partial charge in [-0.1, -0.05) is 38.5 Å². The van der Waals surface area contributed by atoms with Gasteiger partial charge in [0, 0.05) is 23.5 Å². The van der Waals surface area contributed by atoms with E-state index in [1.54, 1.807) is 29.4 Å². The summed E-state index contributed by atoms with van der Waals surface area (Å²) in [6, 6.07) is 14.8. The molecule has 6 nitrogen and oxygen atoms in total. The molecule has 0 fully saturated rings. The molecule has 0 saturated heterocycles. The van der Waals surface area contributed by atoms with Gasteiger partial charge in [0.05, 0.1) is 13.2 Å². The van der Waals surface area contributed by atoms with Crippen molar-refractivity contribution in [3.05, 3.63) is 81.8 Å². The molecule has 0 bridgehead atoms. The Kier molecular flexibility index (Phi) is 8.82. The number of ether oxygens (including phenoxy) is 2. The average Bonchev–Trinajstić information content (AvgIpc) is 3.40. The number of carbonyl (C=O) groups is 2. The summed E-state index contributed by atoms with van der Waals surface area (Å²) in [5.74, 6) is 0.457. The maximum atomic E-state index is 13.8. The summed E-state index contributed by atoms with van der Waals surface area (Å²) < 4.78 is 25.4. The van der Waals surface area contributed by atoms with Crippen molar-refractivity contribution in [2.24, 2.45) is 5.92 Å². The topological polar surface area (TPSA) is 59.1 Å². The molecule has 1 aromatic heterocycles. The van der Waals surface area contributed by atoms with Crippen molar-refractivity contribution in [2.75, 3.05) is 33.4 Å². The summed E-state index contributed by atoms with van der Waals surface area (Å²) in [4.78, 5) is 31.7. The number of carbonyl (C=O) groups excluding carboxylic acids is 2. The highest BCUT2D eigenvalue weighted by Gasteiger charge is 2.34. The Morgan fingerprint density at radius 1 is 1.16 bits per heavy atom. The molecule has 2 atom stereocenters. The Bertz CT molecular complexity index is 1230. The number of halogens is 1. The fourth-order valence-corrected chi connectivity index (χ4v) is 5.49. The second-order valence-corrected chi connectivity index (χ2v) is 10.3. The molecular weight excluding hydrogens is 491 g/mol. The smallest absolute Gasteiger partial charge is 0.254 e. The van der Waals surface area contributed by atoms with Crippen LogP contribution >= 0.6 is 11.3 Å². The Morgan fingerprint density at radius 3 is 2.68 bits per heavy atom. The van der Waals surface area contributed by atoms with Gasteiger partial charge in [-0.25, -0.2) is 4.39 Å². The number of amides is 2. The second kappa shape index (κ2) is 12.2. The predicted octanol–water partition coefficient (Wildman–Crippen LogP) is 5.59. The molecule has 4 rings (SSSR count). The van der Waals surface area contributed by atoms with E-state index in [4.69, 9.17) is 9.47 Å². The zero-order valence-corrected chi connectivity index (χ0v) is 22.3. The van der Waals surface area contributed by atoms with Gasteiger partial charge >= 0.3 is 0 Å². The highest BCUT2D eigenvalue weighted by molar-refractivity contribution is 7.10. The van der Waals surface area contributed by atoms with Crippen molar-refractivity contribution in [1.82, 2.24) is 9.80 Å². The lowest BCUT2D eigenvalue weighted by molar-refractivity contribution is -0.135. The summed E-state index contributed by atoms with van der Waals surface area (Å²) in [6.45, 7) is 5.22. The van der Waals surface area contributed by atoms with Crippen molar-refractivity contribution in [3.8, 4) is 11.5 Å².